The van der Waals surface area contributed by atoms with Crippen LogP contribution in [0.25, 0.3) is 0 Å². The lowest BCUT2D eigenvalue weighted by atomic mass is 10.0. The van der Waals surface area contributed by atoms with Crippen LogP contribution in [-0.2, 0) is 16.4 Å². The van der Waals surface area contributed by atoms with E-state index in [2.05, 4.69) is 15.9 Å². The standard InChI is InChI=1S/C15H13BrFNO4S2/c1-8-5-9-3-2-4-18(13(9)10(17)6-8)24(21,22)12-7-11(15(19)20)23-14(12)16/h5-7H,2-4H2,1H3,(H,19,20). The van der Waals surface area contributed by atoms with Gasteiger partial charge in [0, 0.05) is 6.54 Å². The lowest BCUT2D eigenvalue weighted by molar-refractivity contribution is 0.0702. The van der Waals surface area contributed by atoms with E-state index in [4.69, 9.17) is 5.11 Å². The molecule has 2 heterocycles. The third kappa shape index (κ3) is 2.84. The summed E-state index contributed by atoms with van der Waals surface area (Å²) in [5, 5.41) is 9.05. The Hall–Kier alpha value is -1.45. The van der Waals surface area contributed by atoms with Crippen molar-refractivity contribution in [1.29, 1.82) is 0 Å². The van der Waals surface area contributed by atoms with Crippen LogP contribution < -0.4 is 4.31 Å². The molecule has 1 aliphatic rings. The number of fused-ring (bicyclic) bond motifs is 1. The van der Waals surface area contributed by atoms with Gasteiger partial charge >= 0.3 is 5.97 Å². The first kappa shape index (κ1) is 17.4. The van der Waals surface area contributed by atoms with Crippen molar-refractivity contribution in [3.63, 3.8) is 0 Å². The van der Waals surface area contributed by atoms with E-state index in [1.54, 1.807) is 13.0 Å². The molecule has 0 radical (unpaired) electrons. The summed E-state index contributed by atoms with van der Waals surface area (Å²) in [6, 6.07) is 4.19. The maximum atomic E-state index is 14.5. The van der Waals surface area contributed by atoms with E-state index in [1.807, 2.05) is 0 Å². The summed E-state index contributed by atoms with van der Waals surface area (Å²) in [6.45, 7) is 1.91. The molecule has 24 heavy (non-hydrogen) atoms. The molecule has 1 aromatic heterocycles. The summed E-state index contributed by atoms with van der Waals surface area (Å²) in [7, 11) is -4.06. The number of benzene rings is 1. The second-order valence-corrected chi connectivity index (χ2v) is 9.69. The largest absolute Gasteiger partial charge is 0.477 e. The fourth-order valence-electron chi connectivity index (χ4n) is 2.79. The molecule has 0 unspecified atom stereocenters. The first-order chi connectivity index (χ1) is 11.2. The minimum Gasteiger partial charge on any atom is -0.477 e. The maximum Gasteiger partial charge on any atom is 0.345 e. The van der Waals surface area contributed by atoms with Gasteiger partial charge in [-0.3, -0.25) is 4.31 Å². The Labute approximate surface area is 150 Å². The first-order valence-corrected chi connectivity index (χ1v) is 10.1. The molecule has 0 fully saturated rings. The average Bonchev–Trinajstić information content (AvgIpc) is 2.89. The Bertz CT molecular complexity index is 939. The normalized spacial score (nSPS) is 14.5. The van der Waals surface area contributed by atoms with Gasteiger partial charge in [0.25, 0.3) is 10.0 Å². The Morgan fingerprint density at radius 3 is 2.71 bits per heavy atom. The minimum absolute atomic E-state index is 0.0572. The van der Waals surface area contributed by atoms with Gasteiger partial charge in [-0.1, -0.05) is 6.07 Å². The molecular weight excluding hydrogens is 421 g/mol. The van der Waals surface area contributed by atoms with Gasteiger partial charge < -0.3 is 5.11 Å². The monoisotopic (exact) mass is 433 g/mol. The van der Waals surface area contributed by atoms with Crippen LogP contribution in [-0.4, -0.2) is 26.0 Å². The van der Waals surface area contributed by atoms with E-state index in [9.17, 15) is 17.6 Å². The van der Waals surface area contributed by atoms with Gasteiger partial charge in [-0.05, 0) is 59.0 Å². The number of thiophene rings is 1. The lowest BCUT2D eigenvalue weighted by Crippen LogP contribution is -2.36. The molecule has 0 atom stereocenters. The number of hydrogen-bond acceptors (Lipinski definition) is 4. The second kappa shape index (κ2) is 6.12. The summed E-state index contributed by atoms with van der Waals surface area (Å²) < 4.78 is 41.7. The molecule has 9 heteroatoms. The molecule has 1 aliphatic heterocycles. The quantitative estimate of drug-likeness (QED) is 0.798. The molecule has 2 aromatic rings. The highest BCUT2D eigenvalue weighted by Gasteiger charge is 2.34. The number of sulfonamides is 1. The van der Waals surface area contributed by atoms with Crippen molar-refractivity contribution in [2.75, 3.05) is 10.8 Å². The van der Waals surface area contributed by atoms with Gasteiger partial charge in [0.1, 0.15) is 15.6 Å². The van der Waals surface area contributed by atoms with E-state index in [-0.39, 0.29) is 25.8 Å². The fraction of sp³-hybridized carbons (Fsp3) is 0.267. The van der Waals surface area contributed by atoms with E-state index in [0.29, 0.717) is 18.4 Å². The summed E-state index contributed by atoms with van der Waals surface area (Å²) in [5.74, 6) is -1.79. The van der Waals surface area contributed by atoms with E-state index >= 15 is 0 Å². The van der Waals surface area contributed by atoms with Crippen molar-refractivity contribution in [2.24, 2.45) is 0 Å². The Kier molecular flexibility index (Phi) is 4.43. The zero-order valence-electron chi connectivity index (χ0n) is 12.5. The van der Waals surface area contributed by atoms with Crippen LogP contribution in [0.1, 0.15) is 27.2 Å². The van der Waals surface area contributed by atoms with Crippen LogP contribution in [0.15, 0.2) is 26.9 Å². The molecule has 0 spiro atoms. The number of carbonyl (C=O) groups is 1. The van der Waals surface area contributed by atoms with Gasteiger partial charge in [0.15, 0.2) is 0 Å². The highest BCUT2D eigenvalue weighted by Crippen LogP contribution is 2.39. The minimum atomic E-state index is -4.06. The van der Waals surface area contributed by atoms with Crippen molar-refractivity contribution in [3.05, 3.63) is 43.8 Å². The summed E-state index contributed by atoms with van der Waals surface area (Å²) in [5.41, 5.74) is 1.43. The fourth-order valence-corrected chi connectivity index (χ4v) is 6.70. The predicted octanol–water partition coefficient (Wildman–Crippen LogP) is 3.80. The van der Waals surface area contributed by atoms with Crippen molar-refractivity contribution in [1.82, 2.24) is 0 Å². The summed E-state index contributed by atoms with van der Waals surface area (Å²) in [4.78, 5) is 10.8. The molecule has 128 valence electrons. The van der Waals surface area contributed by atoms with Gasteiger partial charge in [-0.25, -0.2) is 17.6 Å². The number of carboxylic acid groups (broad SMARTS) is 1. The zero-order valence-corrected chi connectivity index (χ0v) is 15.8. The molecule has 0 amide bonds. The first-order valence-electron chi connectivity index (χ1n) is 7.06. The lowest BCUT2D eigenvalue weighted by Gasteiger charge is -2.31. The molecule has 0 saturated heterocycles. The van der Waals surface area contributed by atoms with Crippen LogP contribution in [0, 0.1) is 12.7 Å². The maximum absolute atomic E-state index is 14.5. The van der Waals surface area contributed by atoms with Crippen LogP contribution in [0.4, 0.5) is 10.1 Å². The third-order valence-electron chi connectivity index (χ3n) is 3.78. The molecule has 1 N–H and O–H groups in total. The number of anilines is 1. The van der Waals surface area contributed by atoms with Crippen molar-refractivity contribution >= 4 is 48.9 Å². The summed E-state index contributed by atoms with van der Waals surface area (Å²) >= 11 is 3.93. The number of aryl methyl sites for hydroxylation is 2. The van der Waals surface area contributed by atoms with E-state index < -0.39 is 21.8 Å². The van der Waals surface area contributed by atoms with Crippen LogP contribution >= 0.6 is 27.3 Å². The van der Waals surface area contributed by atoms with Gasteiger partial charge in [-0.2, -0.15) is 0 Å². The molecule has 0 bridgehead atoms. The number of hydrogen-bond donors (Lipinski definition) is 1. The van der Waals surface area contributed by atoms with Crippen molar-refractivity contribution in [2.45, 2.75) is 24.7 Å². The van der Waals surface area contributed by atoms with Crippen molar-refractivity contribution in [3.8, 4) is 0 Å². The predicted molar refractivity (Wildman–Crippen MR) is 93.0 cm³/mol. The molecule has 5 nitrogen and oxygen atoms in total. The third-order valence-corrected chi connectivity index (χ3v) is 7.82. The number of carboxylic acids is 1. The number of rotatable bonds is 3. The second-order valence-electron chi connectivity index (χ2n) is 5.49. The Morgan fingerprint density at radius 1 is 1.38 bits per heavy atom. The van der Waals surface area contributed by atoms with Crippen LogP contribution in [0.5, 0.6) is 0 Å². The van der Waals surface area contributed by atoms with Gasteiger partial charge in [0.05, 0.1) is 9.47 Å². The van der Waals surface area contributed by atoms with Crippen molar-refractivity contribution < 1.29 is 22.7 Å². The Balaban J connectivity index is 2.15. The molecule has 1 aromatic carbocycles. The highest BCUT2D eigenvalue weighted by atomic mass is 79.9. The van der Waals surface area contributed by atoms with E-state index in [1.165, 1.54) is 6.07 Å². The molecular formula is C15H13BrFNO4S2. The van der Waals surface area contributed by atoms with Crippen LogP contribution in [0.3, 0.4) is 0 Å². The summed E-state index contributed by atoms with van der Waals surface area (Å²) in [6.07, 6.45) is 1.17. The average molecular weight is 434 g/mol. The number of halogens is 2. The topological polar surface area (TPSA) is 74.7 Å². The Morgan fingerprint density at radius 2 is 2.08 bits per heavy atom. The SMILES string of the molecule is Cc1cc(F)c2c(c1)CCCN2S(=O)(=O)c1cc(C(=O)O)sc1Br. The van der Waals surface area contributed by atoms with Crippen LogP contribution in [0.2, 0.25) is 0 Å². The molecule has 0 saturated carbocycles. The molecule has 3 rings (SSSR count). The van der Waals surface area contributed by atoms with E-state index in [0.717, 1.165) is 27.3 Å². The van der Waals surface area contributed by atoms with Gasteiger partial charge in [0.2, 0.25) is 0 Å². The molecule has 0 aliphatic carbocycles. The highest BCUT2D eigenvalue weighted by molar-refractivity contribution is 9.11. The smallest absolute Gasteiger partial charge is 0.345 e. The number of nitrogens with zero attached hydrogens (tertiary/aromatic N) is 1. The zero-order chi connectivity index (χ0) is 17.6. The number of aromatic carboxylic acids is 1. The van der Waals surface area contributed by atoms with Gasteiger partial charge in [-0.15, -0.1) is 11.3 Å².